The van der Waals surface area contributed by atoms with Crippen molar-refractivity contribution in [1.29, 1.82) is 0 Å². The van der Waals surface area contributed by atoms with E-state index in [1.54, 1.807) is 0 Å². The Morgan fingerprint density at radius 1 is 0.880 bits per heavy atom. The summed E-state index contributed by atoms with van der Waals surface area (Å²) in [6, 6.07) is -2.71. The molecule has 0 rings (SSSR count). The minimum absolute atomic E-state index is 0.0374. The van der Waals surface area contributed by atoms with Crippen LogP contribution in [0.3, 0.4) is 0 Å². The third-order valence-corrected chi connectivity index (χ3v) is 4.03. The second kappa shape index (κ2) is 12.8. The molecule has 0 bridgehead atoms. The van der Waals surface area contributed by atoms with Crippen LogP contribution in [0.4, 0.5) is 0 Å². The van der Waals surface area contributed by atoms with Crippen LogP contribution in [0.5, 0.6) is 0 Å². The molecule has 0 aromatic carbocycles. The third-order valence-electron chi connectivity index (χ3n) is 3.30. The Hall–Kier alpha value is -1.46. The van der Waals surface area contributed by atoms with Crippen LogP contribution in [0.25, 0.3) is 0 Å². The molecule has 0 saturated heterocycles. The number of nitrogens with one attached hydrogen (secondary N) is 3. The first-order valence-corrected chi connectivity index (χ1v) is 9.12. The fourth-order valence-electron chi connectivity index (χ4n) is 1.95. The smallest absolute Gasteiger partial charge is 0.244 e. The second-order valence-electron chi connectivity index (χ2n) is 5.43. The molecule has 7 N–H and O–H groups in total. The average molecular weight is 394 g/mol. The molecule has 0 saturated carbocycles. The Morgan fingerprint density at radius 2 is 1.40 bits per heavy atom. The largest absolute Gasteiger partial charge is 0.368 e. The standard InChI is InChI=1S/C14H27N5O4S2/c1-8(20)17-11(7-25)14(23)18-9(4-2-3-5-15)13(22)19-10(6-24)12(16)21/h9-11,24-25H,2-7,15H2,1H3,(H2,16,21)(H,17,20)(H,18,23)(H,19,22)/t9-,10-,11-/m0/s1. The van der Waals surface area contributed by atoms with Gasteiger partial charge in [-0.15, -0.1) is 0 Å². The molecule has 25 heavy (non-hydrogen) atoms. The van der Waals surface area contributed by atoms with Crippen LogP contribution in [0.15, 0.2) is 0 Å². The number of rotatable bonds is 12. The molecule has 11 heteroatoms. The lowest BCUT2D eigenvalue weighted by molar-refractivity contribution is -0.132. The molecule has 4 amide bonds. The summed E-state index contributed by atoms with van der Waals surface area (Å²) < 4.78 is 0. The SMILES string of the molecule is CC(=O)N[C@@H](CS)C(=O)N[C@@H](CCCCN)C(=O)N[C@@H](CS)C(N)=O. The highest BCUT2D eigenvalue weighted by atomic mass is 32.1. The fourth-order valence-corrected chi connectivity index (χ4v) is 2.48. The van der Waals surface area contributed by atoms with Gasteiger partial charge < -0.3 is 27.4 Å². The van der Waals surface area contributed by atoms with Crippen molar-refractivity contribution >= 4 is 48.9 Å². The first kappa shape index (κ1) is 23.5. The van der Waals surface area contributed by atoms with Crippen molar-refractivity contribution in [3.8, 4) is 0 Å². The Morgan fingerprint density at radius 3 is 1.84 bits per heavy atom. The van der Waals surface area contributed by atoms with Gasteiger partial charge in [-0.05, 0) is 25.8 Å². The molecular weight excluding hydrogens is 366 g/mol. The number of primary amides is 1. The predicted molar refractivity (Wildman–Crippen MR) is 101 cm³/mol. The highest BCUT2D eigenvalue weighted by Crippen LogP contribution is 2.03. The lowest BCUT2D eigenvalue weighted by Crippen LogP contribution is -2.57. The van der Waals surface area contributed by atoms with Crippen LogP contribution in [-0.4, -0.2) is 59.8 Å². The minimum atomic E-state index is -0.944. The fraction of sp³-hybridized carbons (Fsp3) is 0.714. The first-order valence-electron chi connectivity index (χ1n) is 7.85. The molecule has 144 valence electrons. The van der Waals surface area contributed by atoms with E-state index >= 15 is 0 Å². The van der Waals surface area contributed by atoms with Crippen LogP contribution in [0.2, 0.25) is 0 Å². The predicted octanol–water partition coefficient (Wildman–Crippen LogP) is -2.07. The van der Waals surface area contributed by atoms with Gasteiger partial charge in [-0.3, -0.25) is 19.2 Å². The lowest BCUT2D eigenvalue weighted by Gasteiger charge is -2.23. The molecule has 0 aromatic rings. The monoisotopic (exact) mass is 393 g/mol. The quantitative estimate of drug-likeness (QED) is 0.150. The summed E-state index contributed by atoms with van der Waals surface area (Å²) in [5.41, 5.74) is 10.6. The Labute approximate surface area is 158 Å². The second-order valence-corrected chi connectivity index (χ2v) is 6.16. The summed E-state index contributed by atoms with van der Waals surface area (Å²) in [5.74, 6) is -2.09. The van der Waals surface area contributed by atoms with Gasteiger partial charge in [0.1, 0.15) is 18.1 Å². The zero-order valence-corrected chi connectivity index (χ0v) is 15.9. The molecule has 9 nitrogen and oxygen atoms in total. The van der Waals surface area contributed by atoms with Gasteiger partial charge in [0, 0.05) is 18.4 Å². The summed E-state index contributed by atoms with van der Waals surface area (Å²) in [5, 5.41) is 7.47. The Balaban J connectivity index is 5.01. The molecule has 3 atom stereocenters. The summed E-state index contributed by atoms with van der Waals surface area (Å²) >= 11 is 7.98. The van der Waals surface area contributed by atoms with E-state index in [2.05, 4.69) is 41.2 Å². The third kappa shape index (κ3) is 9.56. The topological polar surface area (TPSA) is 156 Å². The number of hydrogen-bond donors (Lipinski definition) is 7. The van der Waals surface area contributed by atoms with Crippen molar-refractivity contribution < 1.29 is 19.2 Å². The van der Waals surface area contributed by atoms with Gasteiger partial charge in [0.25, 0.3) is 0 Å². The number of thiol groups is 2. The zero-order chi connectivity index (χ0) is 19.4. The van der Waals surface area contributed by atoms with E-state index in [-0.39, 0.29) is 17.4 Å². The molecule has 0 aliphatic heterocycles. The van der Waals surface area contributed by atoms with Crippen molar-refractivity contribution in [3.63, 3.8) is 0 Å². The van der Waals surface area contributed by atoms with Gasteiger partial charge in [-0.25, -0.2) is 0 Å². The van der Waals surface area contributed by atoms with Crippen LogP contribution in [0.1, 0.15) is 26.2 Å². The number of hydrogen-bond acceptors (Lipinski definition) is 7. The van der Waals surface area contributed by atoms with Crippen molar-refractivity contribution in [1.82, 2.24) is 16.0 Å². The Kier molecular flexibility index (Phi) is 12.1. The minimum Gasteiger partial charge on any atom is -0.368 e. The molecule has 0 radical (unpaired) electrons. The van der Waals surface area contributed by atoms with E-state index in [4.69, 9.17) is 11.5 Å². The van der Waals surface area contributed by atoms with E-state index in [0.717, 1.165) is 0 Å². The number of unbranched alkanes of at least 4 members (excludes halogenated alkanes) is 1. The maximum absolute atomic E-state index is 12.4. The van der Waals surface area contributed by atoms with Crippen LogP contribution < -0.4 is 27.4 Å². The van der Waals surface area contributed by atoms with E-state index in [1.807, 2.05) is 0 Å². The van der Waals surface area contributed by atoms with Gasteiger partial charge in [0.15, 0.2) is 0 Å². The van der Waals surface area contributed by atoms with Crippen molar-refractivity contribution in [2.75, 3.05) is 18.1 Å². The summed E-state index contributed by atoms with van der Waals surface area (Å²) in [4.78, 5) is 47.0. The van der Waals surface area contributed by atoms with Gasteiger partial charge in [0.05, 0.1) is 0 Å². The summed E-state index contributed by atoms with van der Waals surface area (Å²) in [7, 11) is 0. The molecule has 0 aliphatic carbocycles. The average Bonchev–Trinajstić information content (AvgIpc) is 2.55. The van der Waals surface area contributed by atoms with E-state index in [0.29, 0.717) is 25.8 Å². The van der Waals surface area contributed by atoms with Gasteiger partial charge in [-0.1, -0.05) is 0 Å². The zero-order valence-electron chi connectivity index (χ0n) is 14.2. The molecule has 0 aliphatic rings. The van der Waals surface area contributed by atoms with Crippen molar-refractivity contribution in [3.05, 3.63) is 0 Å². The maximum Gasteiger partial charge on any atom is 0.244 e. The highest BCUT2D eigenvalue weighted by Gasteiger charge is 2.27. The van der Waals surface area contributed by atoms with E-state index in [1.165, 1.54) is 6.92 Å². The lowest BCUT2D eigenvalue weighted by atomic mass is 10.1. The van der Waals surface area contributed by atoms with E-state index < -0.39 is 35.8 Å². The van der Waals surface area contributed by atoms with Gasteiger partial charge in [-0.2, -0.15) is 25.3 Å². The number of amides is 4. The molecule has 0 heterocycles. The number of nitrogens with two attached hydrogens (primary N) is 2. The first-order chi connectivity index (χ1) is 11.8. The molecule has 0 unspecified atom stereocenters. The van der Waals surface area contributed by atoms with Crippen molar-refractivity contribution in [2.45, 2.75) is 44.3 Å². The summed E-state index contributed by atoms with van der Waals surface area (Å²) in [6.07, 6.45) is 1.60. The number of carbonyl (C=O) groups excluding carboxylic acids is 4. The van der Waals surface area contributed by atoms with Crippen LogP contribution in [0, 0.1) is 0 Å². The van der Waals surface area contributed by atoms with E-state index in [9.17, 15) is 19.2 Å². The van der Waals surface area contributed by atoms with Gasteiger partial charge in [0.2, 0.25) is 23.6 Å². The highest BCUT2D eigenvalue weighted by molar-refractivity contribution is 7.80. The number of carbonyl (C=O) groups is 4. The summed E-state index contributed by atoms with van der Waals surface area (Å²) in [6.45, 7) is 1.73. The normalized spacial score (nSPS) is 14.1. The van der Waals surface area contributed by atoms with Crippen molar-refractivity contribution in [2.24, 2.45) is 11.5 Å². The van der Waals surface area contributed by atoms with Crippen LogP contribution >= 0.6 is 25.3 Å². The molecular formula is C14H27N5O4S2. The van der Waals surface area contributed by atoms with Crippen LogP contribution in [-0.2, 0) is 19.2 Å². The maximum atomic E-state index is 12.4. The Bertz CT molecular complexity index is 478. The molecule has 0 spiro atoms. The van der Waals surface area contributed by atoms with Gasteiger partial charge >= 0.3 is 0 Å². The molecule has 0 aromatic heterocycles. The molecule has 0 fully saturated rings.